The lowest BCUT2D eigenvalue weighted by atomic mass is 9.78. The second-order valence-corrected chi connectivity index (χ2v) is 7.94. The maximum Gasteiger partial charge on any atom is 0.127 e. The van der Waals surface area contributed by atoms with Crippen LogP contribution in [0.3, 0.4) is 0 Å². The molecule has 1 aliphatic heterocycles. The van der Waals surface area contributed by atoms with Crippen LogP contribution in [-0.4, -0.2) is 39.3 Å². The third kappa shape index (κ3) is 5.09. The van der Waals surface area contributed by atoms with Crippen LogP contribution in [0.1, 0.15) is 37.8 Å². The molecule has 1 aliphatic rings. The van der Waals surface area contributed by atoms with Crippen LogP contribution >= 0.6 is 0 Å². The Morgan fingerprint density at radius 1 is 0.885 bits per heavy atom. The number of benzene rings is 2. The number of quaternary nitrogens is 2. The molecule has 2 aromatic carbocycles. The summed E-state index contributed by atoms with van der Waals surface area (Å²) < 4.78 is 5.95. The molecule has 0 bridgehead atoms. The van der Waals surface area contributed by atoms with Gasteiger partial charge in [-0.25, -0.2) is 0 Å². The van der Waals surface area contributed by atoms with Gasteiger partial charge in [0.25, 0.3) is 0 Å². The first kappa shape index (κ1) is 18.9. The van der Waals surface area contributed by atoms with Crippen LogP contribution < -0.4 is 15.0 Å². The first-order chi connectivity index (χ1) is 12.7. The molecule has 1 heterocycles. The zero-order valence-corrected chi connectivity index (χ0v) is 16.3. The monoisotopic (exact) mass is 354 g/mol. The van der Waals surface area contributed by atoms with Crippen LogP contribution in [0.2, 0.25) is 0 Å². The van der Waals surface area contributed by atoms with E-state index in [0.717, 1.165) is 18.8 Å². The highest BCUT2D eigenvalue weighted by molar-refractivity contribution is 5.39. The summed E-state index contributed by atoms with van der Waals surface area (Å²) in [6, 6.07) is 19.3. The van der Waals surface area contributed by atoms with Crippen LogP contribution in [0.5, 0.6) is 5.75 Å². The van der Waals surface area contributed by atoms with E-state index in [-0.39, 0.29) is 5.41 Å². The molecule has 0 spiro atoms. The van der Waals surface area contributed by atoms with Crippen LogP contribution in [0.25, 0.3) is 0 Å². The standard InChI is InChI=1S/C23H32N2O/c1-23(2,20-8-4-3-5-9-20)21-10-12-22(13-11-21)26-19-7-6-16-25-17-14-24-15-18-25/h3-5,8-13,24H,6-7,14-19H2,1-2H3/p+2. The normalized spacial score (nSPS) is 15.8. The fraction of sp³-hybridized carbons (Fsp3) is 0.478. The Hall–Kier alpha value is -1.84. The van der Waals surface area contributed by atoms with Gasteiger partial charge in [-0.15, -0.1) is 0 Å². The van der Waals surface area contributed by atoms with Gasteiger partial charge in [-0.05, 0) is 36.1 Å². The van der Waals surface area contributed by atoms with E-state index in [9.17, 15) is 0 Å². The van der Waals surface area contributed by atoms with Crippen molar-refractivity contribution in [3.05, 3.63) is 65.7 Å². The van der Waals surface area contributed by atoms with Crippen molar-refractivity contribution in [2.75, 3.05) is 39.3 Å². The summed E-state index contributed by atoms with van der Waals surface area (Å²) >= 11 is 0. The molecule has 0 aromatic heterocycles. The fourth-order valence-electron chi connectivity index (χ4n) is 3.79. The third-order valence-electron chi connectivity index (χ3n) is 5.67. The molecule has 0 unspecified atom stereocenters. The zero-order valence-electron chi connectivity index (χ0n) is 16.3. The van der Waals surface area contributed by atoms with Crippen molar-refractivity contribution in [3.8, 4) is 5.75 Å². The predicted octanol–water partition coefficient (Wildman–Crippen LogP) is 1.63. The highest BCUT2D eigenvalue weighted by atomic mass is 16.5. The Labute approximate surface area is 158 Å². The molecule has 0 atom stereocenters. The minimum Gasteiger partial charge on any atom is -0.494 e. The number of rotatable bonds is 8. The van der Waals surface area contributed by atoms with Gasteiger partial charge < -0.3 is 15.0 Å². The van der Waals surface area contributed by atoms with Gasteiger partial charge in [0.2, 0.25) is 0 Å². The third-order valence-corrected chi connectivity index (χ3v) is 5.67. The average molecular weight is 355 g/mol. The molecule has 3 N–H and O–H groups in total. The van der Waals surface area contributed by atoms with Crippen molar-refractivity contribution in [3.63, 3.8) is 0 Å². The van der Waals surface area contributed by atoms with Crippen LogP contribution in [0, 0.1) is 0 Å². The topological polar surface area (TPSA) is 30.3 Å². The van der Waals surface area contributed by atoms with E-state index in [1.54, 1.807) is 4.90 Å². The van der Waals surface area contributed by atoms with Crippen molar-refractivity contribution < 1.29 is 15.0 Å². The SMILES string of the molecule is CC(C)(c1ccccc1)c1ccc(OCCCC[NH+]2CC[NH2+]CC2)cc1. The summed E-state index contributed by atoms with van der Waals surface area (Å²) in [4.78, 5) is 1.76. The molecule has 2 aromatic rings. The van der Waals surface area contributed by atoms with Crippen LogP contribution in [-0.2, 0) is 5.41 Å². The predicted molar refractivity (Wildman–Crippen MR) is 107 cm³/mol. The Kier molecular flexibility index (Phi) is 6.70. The van der Waals surface area contributed by atoms with Crippen molar-refractivity contribution >= 4 is 0 Å². The smallest absolute Gasteiger partial charge is 0.127 e. The van der Waals surface area contributed by atoms with E-state index in [1.165, 1.54) is 50.3 Å². The minimum absolute atomic E-state index is 0.00837. The summed E-state index contributed by atoms with van der Waals surface area (Å²) in [5.41, 5.74) is 2.67. The molecular weight excluding hydrogens is 320 g/mol. The summed E-state index contributed by atoms with van der Waals surface area (Å²) in [7, 11) is 0. The molecule has 1 fully saturated rings. The molecule has 140 valence electrons. The number of piperazine rings is 1. The van der Waals surface area contributed by atoms with E-state index in [4.69, 9.17) is 4.74 Å². The number of nitrogens with two attached hydrogens (primary N) is 1. The Bertz CT molecular complexity index is 646. The minimum atomic E-state index is 0.00837. The number of ether oxygens (including phenoxy) is 1. The van der Waals surface area contributed by atoms with E-state index in [0.29, 0.717) is 0 Å². The second kappa shape index (κ2) is 9.20. The molecular formula is C23H34N2O+2. The maximum atomic E-state index is 5.95. The Balaban J connectivity index is 1.44. The number of hydrogen-bond acceptors (Lipinski definition) is 1. The molecule has 0 radical (unpaired) electrons. The zero-order chi connectivity index (χ0) is 18.2. The van der Waals surface area contributed by atoms with E-state index < -0.39 is 0 Å². The van der Waals surface area contributed by atoms with E-state index in [2.05, 4.69) is 73.8 Å². The van der Waals surface area contributed by atoms with Gasteiger partial charge >= 0.3 is 0 Å². The van der Waals surface area contributed by atoms with Crippen molar-refractivity contribution in [2.24, 2.45) is 0 Å². The van der Waals surface area contributed by atoms with Gasteiger partial charge in [-0.2, -0.15) is 0 Å². The van der Waals surface area contributed by atoms with Gasteiger partial charge in [-0.1, -0.05) is 56.3 Å². The number of unbranched alkanes of at least 4 members (excludes halogenated alkanes) is 1. The lowest BCUT2D eigenvalue weighted by Gasteiger charge is -2.26. The van der Waals surface area contributed by atoms with E-state index >= 15 is 0 Å². The van der Waals surface area contributed by atoms with Crippen molar-refractivity contribution in [1.29, 1.82) is 0 Å². The number of nitrogens with one attached hydrogen (secondary N) is 1. The first-order valence-corrected chi connectivity index (χ1v) is 10.1. The van der Waals surface area contributed by atoms with Crippen molar-refractivity contribution in [1.82, 2.24) is 0 Å². The molecule has 0 saturated carbocycles. The summed E-state index contributed by atoms with van der Waals surface area (Å²) in [5.74, 6) is 0.984. The van der Waals surface area contributed by atoms with Gasteiger partial charge in [0, 0.05) is 5.41 Å². The first-order valence-electron chi connectivity index (χ1n) is 10.1. The van der Waals surface area contributed by atoms with E-state index in [1.807, 2.05) is 0 Å². The van der Waals surface area contributed by atoms with Gasteiger partial charge in [-0.3, -0.25) is 0 Å². The number of hydrogen-bond donors (Lipinski definition) is 2. The lowest BCUT2D eigenvalue weighted by Crippen LogP contribution is -3.20. The highest BCUT2D eigenvalue weighted by Crippen LogP contribution is 2.32. The average Bonchev–Trinajstić information content (AvgIpc) is 2.69. The molecule has 0 aliphatic carbocycles. The molecule has 3 rings (SSSR count). The summed E-state index contributed by atoms with van der Waals surface area (Å²) in [6.07, 6.45) is 2.40. The lowest BCUT2D eigenvalue weighted by molar-refractivity contribution is -0.946. The Morgan fingerprint density at radius 2 is 1.54 bits per heavy atom. The molecule has 1 saturated heterocycles. The van der Waals surface area contributed by atoms with Crippen LogP contribution in [0.15, 0.2) is 54.6 Å². The Morgan fingerprint density at radius 3 is 2.23 bits per heavy atom. The van der Waals surface area contributed by atoms with Crippen molar-refractivity contribution in [2.45, 2.75) is 32.1 Å². The molecule has 0 amide bonds. The summed E-state index contributed by atoms with van der Waals surface area (Å²) in [5, 5.41) is 2.43. The molecule has 3 nitrogen and oxygen atoms in total. The second-order valence-electron chi connectivity index (χ2n) is 7.94. The molecule has 3 heteroatoms. The van der Waals surface area contributed by atoms with Gasteiger partial charge in [0.15, 0.2) is 0 Å². The molecule has 26 heavy (non-hydrogen) atoms. The van der Waals surface area contributed by atoms with Crippen LogP contribution in [0.4, 0.5) is 0 Å². The highest BCUT2D eigenvalue weighted by Gasteiger charge is 2.22. The fourth-order valence-corrected chi connectivity index (χ4v) is 3.79. The van der Waals surface area contributed by atoms with Gasteiger partial charge in [0.05, 0.1) is 13.2 Å². The summed E-state index contributed by atoms with van der Waals surface area (Å²) in [6.45, 7) is 11.9. The quantitative estimate of drug-likeness (QED) is 0.694. The maximum absolute atomic E-state index is 5.95. The largest absolute Gasteiger partial charge is 0.494 e. The van der Waals surface area contributed by atoms with Gasteiger partial charge in [0.1, 0.15) is 31.9 Å².